The van der Waals surface area contributed by atoms with Crippen LogP contribution in [0.1, 0.15) is 6.92 Å². The quantitative estimate of drug-likeness (QED) is 0.601. The normalized spacial score (nSPS) is 21.3. The zero-order valence-corrected chi connectivity index (χ0v) is 11.4. The fourth-order valence-corrected chi connectivity index (χ4v) is 3.65. The van der Waals surface area contributed by atoms with Gasteiger partial charge in [-0.3, -0.25) is 14.9 Å². The number of hydrogen-bond acceptors (Lipinski definition) is 5. The van der Waals surface area contributed by atoms with Crippen LogP contribution in [0.3, 0.4) is 0 Å². The number of hydrogen-bond donors (Lipinski definition) is 1. The highest BCUT2D eigenvalue weighted by molar-refractivity contribution is 7.89. The fraction of sp³-hybridized carbons (Fsp3) is 0.300. The summed E-state index contributed by atoms with van der Waals surface area (Å²) < 4.78 is 25.6. The lowest BCUT2D eigenvalue weighted by atomic mass is 10.2. The molecule has 1 aromatic heterocycles. The third-order valence-electron chi connectivity index (χ3n) is 2.68. The van der Waals surface area contributed by atoms with Crippen molar-refractivity contribution >= 4 is 33.4 Å². The fourth-order valence-electron chi connectivity index (χ4n) is 1.67. The van der Waals surface area contributed by atoms with Crippen LogP contribution < -0.4 is 5.32 Å². The first-order valence-electron chi connectivity index (χ1n) is 5.30. The first-order chi connectivity index (χ1) is 8.84. The molecule has 2 rings (SSSR count). The van der Waals surface area contributed by atoms with Gasteiger partial charge in [-0.05, 0) is 19.1 Å². The van der Waals surface area contributed by atoms with E-state index in [4.69, 9.17) is 11.6 Å². The average Bonchev–Trinajstić information content (AvgIpc) is 2.34. The third-order valence-corrected chi connectivity index (χ3v) is 5.05. The number of carbonyl (C=O) groups is 2. The largest absolute Gasteiger partial charge is 0.294 e. The number of carbonyl (C=O) groups excluding carboxylic acids is 2. The molecular weight excluding hydrogens is 294 g/mol. The molecule has 9 heteroatoms. The van der Waals surface area contributed by atoms with E-state index in [9.17, 15) is 18.0 Å². The van der Waals surface area contributed by atoms with Crippen LogP contribution >= 0.6 is 11.6 Å². The molecule has 19 heavy (non-hydrogen) atoms. The van der Waals surface area contributed by atoms with E-state index in [1.54, 1.807) is 0 Å². The van der Waals surface area contributed by atoms with Gasteiger partial charge in [0.25, 0.3) is 0 Å². The van der Waals surface area contributed by atoms with Crippen LogP contribution in [-0.4, -0.2) is 42.1 Å². The number of nitrogens with one attached hydrogen (secondary N) is 1. The number of halogens is 1. The maximum absolute atomic E-state index is 12.4. The Kier molecular flexibility index (Phi) is 3.57. The first-order valence-corrected chi connectivity index (χ1v) is 7.12. The van der Waals surface area contributed by atoms with E-state index < -0.39 is 34.4 Å². The molecule has 0 spiro atoms. The second-order valence-corrected chi connectivity index (χ2v) is 6.15. The summed E-state index contributed by atoms with van der Waals surface area (Å²) >= 11 is 5.75. The van der Waals surface area contributed by atoms with E-state index in [1.165, 1.54) is 25.3 Å². The Hall–Kier alpha value is -1.51. The highest BCUT2D eigenvalue weighted by atomic mass is 35.5. The molecule has 1 aliphatic heterocycles. The van der Waals surface area contributed by atoms with Crippen molar-refractivity contribution in [3.63, 3.8) is 0 Å². The maximum atomic E-state index is 12.4. The zero-order valence-electron chi connectivity index (χ0n) is 9.83. The Morgan fingerprint density at radius 3 is 2.79 bits per heavy atom. The highest BCUT2D eigenvalue weighted by Crippen LogP contribution is 2.24. The van der Waals surface area contributed by atoms with E-state index >= 15 is 0 Å². The molecule has 0 aliphatic carbocycles. The molecule has 1 fully saturated rings. The van der Waals surface area contributed by atoms with Gasteiger partial charge in [0, 0.05) is 6.20 Å². The molecule has 1 unspecified atom stereocenters. The summed E-state index contributed by atoms with van der Waals surface area (Å²) in [6, 6.07) is 1.70. The molecule has 1 saturated heterocycles. The van der Waals surface area contributed by atoms with Gasteiger partial charge in [0.1, 0.15) is 16.1 Å². The summed E-state index contributed by atoms with van der Waals surface area (Å²) in [5.41, 5.74) is 0. The van der Waals surface area contributed by atoms with Crippen molar-refractivity contribution in [3.8, 4) is 0 Å². The number of rotatable bonds is 2. The van der Waals surface area contributed by atoms with E-state index in [0.717, 1.165) is 4.31 Å². The molecule has 102 valence electrons. The highest BCUT2D eigenvalue weighted by Gasteiger charge is 2.39. The van der Waals surface area contributed by atoms with Gasteiger partial charge >= 0.3 is 0 Å². The first kappa shape index (κ1) is 13.9. The summed E-state index contributed by atoms with van der Waals surface area (Å²) in [6.45, 7) is 0.962. The summed E-state index contributed by atoms with van der Waals surface area (Å²) in [6.07, 6.45) is 1.35. The molecular formula is C10H10ClN3O4S. The van der Waals surface area contributed by atoms with Gasteiger partial charge < -0.3 is 0 Å². The molecule has 0 radical (unpaired) electrons. The zero-order chi connectivity index (χ0) is 14.2. The van der Waals surface area contributed by atoms with Gasteiger partial charge in [-0.1, -0.05) is 11.6 Å². The minimum absolute atomic E-state index is 0.201. The predicted octanol–water partition coefficient (Wildman–Crippen LogP) is -0.229. The van der Waals surface area contributed by atoms with E-state index in [0.29, 0.717) is 0 Å². The smallest absolute Gasteiger partial charge is 0.247 e. The number of piperazine rings is 1. The van der Waals surface area contributed by atoms with Crippen molar-refractivity contribution in [2.45, 2.75) is 17.9 Å². The van der Waals surface area contributed by atoms with Crippen LogP contribution in [0.15, 0.2) is 23.2 Å². The number of sulfonamides is 1. The third kappa shape index (κ3) is 2.46. The molecule has 0 saturated carbocycles. The summed E-state index contributed by atoms with van der Waals surface area (Å²) in [7, 11) is -4.05. The van der Waals surface area contributed by atoms with Crippen molar-refractivity contribution in [3.05, 3.63) is 23.5 Å². The number of aromatic nitrogens is 1. The minimum atomic E-state index is -4.05. The lowest BCUT2D eigenvalue weighted by Crippen LogP contribution is -2.58. The predicted molar refractivity (Wildman–Crippen MR) is 65.8 cm³/mol. The second-order valence-electron chi connectivity index (χ2n) is 3.93. The molecule has 1 atom stereocenters. The van der Waals surface area contributed by atoms with Crippen molar-refractivity contribution in [1.29, 1.82) is 0 Å². The van der Waals surface area contributed by atoms with Crippen molar-refractivity contribution in [2.24, 2.45) is 0 Å². The second kappa shape index (κ2) is 4.87. The molecule has 2 amide bonds. The van der Waals surface area contributed by atoms with Crippen LogP contribution in [0.25, 0.3) is 0 Å². The SMILES string of the molecule is CC1C(=O)NC(=O)CN1S(=O)(=O)c1cccnc1Cl. The minimum Gasteiger partial charge on any atom is -0.294 e. The monoisotopic (exact) mass is 303 g/mol. The molecule has 7 nitrogen and oxygen atoms in total. The van der Waals surface area contributed by atoms with Gasteiger partial charge in [0.2, 0.25) is 21.8 Å². The molecule has 1 N–H and O–H groups in total. The van der Waals surface area contributed by atoms with E-state index in [1.807, 2.05) is 0 Å². The summed E-state index contributed by atoms with van der Waals surface area (Å²) in [5.74, 6) is -1.34. The Balaban J connectivity index is 2.47. The van der Waals surface area contributed by atoms with Crippen LogP contribution in [0.5, 0.6) is 0 Å². The number of amides is 2. The number of imide groups is 1. The van der Waals surface area contributed by atoms with Crippen LogP contribution in [0.2, 0.25) is 5.15 Å². The average molecular weight is 304 g/mol. The maximum Gasteiger partial charge on any atom is 0.247 e. The Bertz CT molecular complexity index is 646. The van der Waals surface area contributed by atoms with E-state index in [-0.39, 0.29) is 10.0 Å². The molecule has 2 heterocycles. The topological polar surface area (TPSA) is 96.4 Å². The van der Waals surface area contributed by atoms with Crippen molar-refractivity contribution in [1.82, 2.24) is 14.6 Å². The molecule has 1 aromatic rings. The number of pyridine rings is 1. The molecule has 1 aliphatic rings. The van der Waals surface area contributed by atoms with Gasteiger partial charge in [0.05, 0.1) is 6.54 Å². The van der Waals surface area contributed by atoms with Gasteiger partial charge in [-0.25, -0.2) is 13.4 Å². The standard InChI is InChI=1S/C10H10ClN3O4S/c1-6-10(16)13-8(15)5-14(6)19(17,18)7-3-2-4-12-9(7)11/h2-4,6H,5H2,1H3,(H,13,15,16). The van der Waals surface area contributed by atoms with Gasteiger partial charge in [-0.15, -0.1) is 0 Å². The summed E-state index contributed by atoms with van der Waals surface area (Å²) in [5, 5.41) is 1.86. The van der Waals surface area contributed by atoms with Crippen molar-refractivity contribution in [2.75, 3.05) is 6.54 Å². The van der Waals surface area contributed by atoms with Crippen molar-refractivity contribution < 1.29 is 18.0 Å². The Morgan fingerprint density at radius 2 is 2.16 bits per heavy atom. The Morgan fingerprint density at radius 1 is 1.47 bits per heavy atom. The van der Waals surface area contributed by atoms with Gasteiger partial charge in [-0.2, -0.15) is 4.31 Å². The Labute approximate surface area is 114 Å². The van der Waals surface area contributed by atoms with Crippen LogP contribution in [0.4, 0.5) is 0 Å². The van der Waals surface area contributed by atoms with Crippen LogP contribution in [0, 0.1) is 0 Å². The van der Waals surface area contributed by atoms with E-state index in [2.05, 4.69) is 10.3 Å². The van der Waals surface area contributed by atoms with Gasteiger partial charge in [0.15, 0.2) is 0 Å². The molecule has 0 bridgehead atoms. The van der Waals surface area contributed by atoms with Crippen LogP contribution in [-0.2, 0) is 19.6 Å². The number of nitrogens with zero attached hydrogens (tertiary/aromatic N) is 2. The molecule has 0 aromatic carbocycles. The summed E-state index contributed by atoms with van der Waals surface area (Å²) in [4.78, 5) is 26.2. The lowest BCUT2D eigenvalue weighted by Gasteiger charge is -2.30. The lowest BCUT2D eigenvalue weighted by molar-refractivity contribution is -0.136.